The zero-order valence-corrected chi connectivity index (χ0v) is 21.2. The van der Waals surface area contributed by atoms with E-state index in [4.69, 9.17) is 10.5 Å². The third-order valence-electron chi connectivity index (χ3n) is 6.26. The molecule has 4 rings (SSSR count). The van der Waals surface area contributed by atoms with E-state index in [2.05, 4.69) is 9.84 Å². The van der Waals surface area contributed by atoms with Gasteiger partial charge in [0.2, 0.25) is 5.91 Å². The first-order valence-electron chi connectivity index (χ1n) is 12.4. The highest BCUT2D eigenvalue weighted by molar-refractivity contribution is 5.97. The number of benzene rings is 2. The number of aliphatic hydroxyl groups is 1. The van der Waals surface area contributed by atoms with Gasteiger partial charge in [-0.05, 0) is 42.3 Å². The molecule has 2 heterocycles. The van der Waals surface area contributed by atoms with Crippen LogP contribution in [0.4, 0.5) is 13.2 Å². The summed E-state index contributed by atoms with van der Waals surface area (Å²) in [5.74, 6) is -0.765. The van der Waals surface area contributed by atoms with Crippen molar-refractivity contribution in [1.82, 2.24) is 14.7 Å². The Hall–Kier alpha value is -4.06. The van der Waals surface area contributed by atoms with Gasteiger partial charge in [0, 0.05) is 37.7 Å². The first-order chi connectivity index (χ1) is 18.5. The number of aromatic nitrogens is 2. The van der Waals surface area contributed by atoms with E-state index in [1.54, 1.807) is 47.1 Å². The summed E-state index contributed by atoms with van der Waals surface area (Å²) in [6.45, 7) is 2.88. The Bertz CT molecular complexity index is 1300. The van der Waals surface area contributed by atoms with Crippen LogP contribution in [-0.4, -0.2) is 63.3 Å². The van der Waals surface area contributed by atoms with Gasteiger partial charge in [-0.15, -0.1) is 13.2 Å². The lowest BCUT2D eigenvalue weighted by Gasteiger charge is -2.32. The Morgan fingerprint density at radius 3 is 2.44 bits per heavy atom. The first kappa shape index (κ1) is 28.0. The first-order valence-corrected chi connectivity index (χ1v) is 12.4. The summed E-state index contributed by atoms with van der Waals surface area (Å²) in [7, 11) is 0. The van der Waals surface area contributed by atoms with Crippen molar-refractivity contribution in [1.29, 1.82) is 0 Å². The van der Waals surface area contributed by atoms with Crippen molar-refractivity contribution >= 4 is 11.8 Å². The number of hydrogen-bond acceptors (Lipinski definition) is 6. The summed E-state index contributed by atoms with van der Waals surface area (Å²) in [4.78, 5) is 26.6. The predicted molar refractivity (Wildman–Crippen MR) is 135 cm³/mol. The molecule has 0 radical (unpaired) electrons. The molecule has 0 aliphatic carbocycles. The zero-order chi connectivity index (χ0) is 28.2. The molecular formula is C27H29F3N4O5. The summed E-state index contributed by atoms with van der Waals surface area (Å²) in [5.41, 5.74) is 7.92. The van der Waals surface area contributed by atoms with Gasteiger partial charge in [-0.3, -0.25) is 14.3 Å². The van der Waals surface area contributed by atoms with Crippen molar-refractivity contribution in [2.75, 3.05) is 13.1 Å². The van der Waals surface area contributed by atoms with E-state index in [9.17, 15) is 27.9 Å². The monoisotopic (exact) mass is 546 g/mol. The second kappa shape index (κ2) is 11.8. The molecule has 12 heteroatoms. The van der Waals surface area contributed by atoms with Crippen molar-refractivity contribution in [2.24, 2.45) is 5.73 Å². The van der Waals surface area contributed by atoms with E-state index < -0.39 is 18.4 Å². The fourth-order valence-corrected chi connectivity index (χ4v) is 4.39. The van der Waals surface area contributed by atoms with Gasteiger partial charge in [0.05, 0.1) is 30.8 Å². The molecule has 3 N–H and O–H groups in total. The quantitative estimate of drug-likeness (QED) is 0.424. The standard InChI is InChI=1S/C27H29F3N4O5/c1-17(35)15-34-16-20(14-32-34)19-4-7-24(23(13-19)26(31)37)38-21-8-10-33(11-9-21)25(36)12-18-2-5-22(6-3-18)39-27(28,29)30/h2-7,13-14,16-17,21,35H,8-12,15H2,1H3,(H2,31,37)/t17-/m1/s1. The van der Waals surface area contributed by atoms with Crippen molar-refractivity contribution in [3.63, 3.8) is 0 Å². The fourth-order valence-electron chi connectivity index (χ4n) is 4.39. The number of alkyl halides is 3. The SMILES string of the molecule is C[C@@H](O)Cn1cc(-c2ccc(OC3CCN(C(=O)Cc4ccc(OC(F)(F)F)cc4)CC3)c(C(N)=O)c2)cn1. The van der Waals surface area contributed by atoms with Crippen LogP contribution < -0.4 is 15.2 Å². The molecule has 9 nitrogen and oxygen atoms in total. The molecule has 3 aromatic rings. The van der Waals surface area contributed by atoms with Crippen LogP contribution in [0.2, 0.25) is 0 Å². The molecule has 1 aliphatic heterocycles. The van der Waals surface area contributed by atoms with Crippen molar-refractivity contribution in [3.8, 4) is 22.6 Å². The number of primary amides is 1. The molecule has 1 fully saturated rings. The van der Waals surface area contributed by atoms with Gasteiger partial charge < -0.3 is 25.2 Å². The highest BCUT2D eigenvalue weighted by Gasteiger charge is 2.31. The minimum absolute atomic E-state index is 0.0545. The Morgan fingerprint density at radius 1 is 1.13 bits per heavy atom. The number of amides is 2. The predicted octanol–water partition coefficient (Wildman–Crippen LogP) is 3.54. The molecule has 39 heavy (non-hydrogen) atoms. The second-order valence-electron chi connectivity index (χ2n) is 9.44. The van der Waals surface area contributed by atoms with Crippen LogP contribution in [0.3, 0.4) is 0 Å². The number of ether oxygens (including phenoxy) is 2. The number of rotatable bonds is 9. The Morgan fingerprint density at radius 2 is 1.82 bits per heavy atom. The van der Waals surface area contributed by atoms with Gasteiger partial charge in [-0.25, -0.2) is 0 Å². The lowest BCUT2D eigenvalue weighted by Crippen LogP contribution is -2.42. The maximum Gasteiger partial charge on any atom is 0.573 e. The minimum atomic E-state index is -4.77. The zero-order valence-electron chi connectivity index (χ0n) is 21.2. The third-order valence-corrected chi connectivity index (χ3v) is 6.26. The number of nitrogens with two attached hydrogens (primary N) is 1. The minimum Gasteiger partial charge on any atom is -0.489 e. The number of nitrogens with zero attached hydrogens (tertiary/aromatic N) is 3. The van der Waals surface area contributed by atoms with Crippen LogP contribution in [-0.2, 0) is 17.8 Å². The number of carbonyl (C=O) groups excluding carboxylic acids is 2. The molecule has 208 valence electrons. The van der Waals surface area contributed by atoms with Crippen molar-refractivity contribution < 1.29 is 37.3 Å². The number of aliphatic hydroxyl groups excluding tert-OH is 1. The molecule has 2 aromatic carbocycles. The van der Waals surface area contributed by atoms with Gasteiger partial charge in [0.1, 0.15) is 17.6 Å². The molecule has 2 amide bonds. The number of hydrogen-bond donors (Lipinski definition) is 2. The Labute approximate surface area is 222 Å². The van der Waals surface area contributed by atoms with Crippen molar-refractivity contribution in [2.45, 2.75) is 51.3 Å². The average molecular weight is 547 g/mol. The number of likely N-dealkylation sites (tertiary alicyclic amines) is 1. The maximum atomic E-state index is 12.7. The molecule has 0 bridgehead atoms. The molecular weight excluding hydrogens is 517 g/mol. The van der Waals surface area contributed by atoms with Crippen LogP contribution in [0.5, 0.6) is 11.5 Å². The summed E-state index contributed by atoms with van der Waals surface area (Å²) in [6.07, 6.45) is -1.01. The maximum absolute atomic E-state index is 12.7. The van der Waals surface area contributed by atoms with E-state index in [0.717, 1.165) is 11.1 Å². The lowest BCUT2D eigenvalue weighted by atomic mass is 10.0. The number of carbonyl (C=O) groups is 2. The highest BCUT2D eigenvalue weighted by Crippen LogP contribution is 2.29. The van der Waals surface area contributed by atoms with E-state index >= 15 is 0 Å². The van der Waals surface area contributed by atoms with Crippen LogP contribution >= 0.6 is 0 Å². The van der Waals surface area contributed by atoms with E-state index in [1.165, 1.54) is 24.3 Å². The van der Waals surface area contributed by atoms with Crippen molar-refractivity contribution in [3.05, 3.63) is 66.0 Å². The van der Waals surface area contributed by atoms with Gasteiger partial charge in [-0.2, -0.15) is 5.10 Å². The van der Waals surface area contributed by atoms with E-state index in [-0.39, 0.29) is 29.7 Å². The third kappa shape index (κ3) is 7.73. The molecule has 0 unspecified atom stereocenters. The lowest BCUT2D eigenvalue weighted by molar-refractivity contribution is -0.274. The topological polar surface area (TPSA) is 120 Å². The van der Waals surface area contributed by atoms with Gasteiger partial charge in [0.15, 0.2) is 0 Å². The van der Waals surface area contributed by atoms with Crippen LogP contribution in [0, 0.1) is 0 Å². The van der Waals surface area contributed by atoms with Gasteiger partial charge in [0.25, 0.3) is 5.91 Å². The van der Waals surface area contributed by atoms with E-state index in [0.29, 0.717) is 43.8 Å². The van der Waals surface area contributed by atoms with Gasteiger partial charge in [-0.1, -0.05) is 18.2 Å². The van der Waals surface area contributed by atoms with Crippen LogP contribution in [0.15, 0.2) is 54.9 Å². The normalized spacial score (nSPS) is 15.2. The number of halogens is 3. The molecule has 1 atom stereocenters. The molecule has 1 saturated heterocycles. The smallest absolute Gasteiger partial charge is 0.489 e. The molecule has 1 aromatic heterocycles. The second-order valence-corrected chi connectivity index (χ2v) is 9.44. The Balaban J connectivity index is 1.33. The fraction of sp³-hybridized carbons (Fsp3) is 0.370. The summed E-state index contributed by atoms with van der Waals surface area (Å²) in [5, 5.41) is 13.8. The van der Waals surface area contributed by atoms with Crippen LogP contribution in [0.1, 0.15) is 35.7 Å². The molecule has 0 spiro atoms. The molecule has 0 saturated carbocycles. The summed E-state index contributed by atoms with van der Waals surface area (Å²) >= 11 is 0. The summed E-state index contributed by atoms with van der Waals surface area (Å²) < 4.78 is 48.5. The number of piperidine rings is 1. The highest BCUT2D eigenvalue weighted by atomic mass is 19.4. The largest absolute Gasteiger partial charge is 0.573 e. The average Bonchev–Trinajstić information content (AvgIpc) is 3.32. The van der Waals surface area contributed by atoms with E-state index in [1.807, 2.05) is 0 Å². The van der Waals surface area contributed by atoms with Gasteiger partial charge >= 0.3 is 6.36 Å². The molecule has 1 aliphatic rings. The Kier molecular flexibility index (Phi) is 8.44. The summed E-state index contributed by atoms with van der Waals surface area (Å²) in [6, 6.07) is 10.4. The van der Waals surface area contributed by atoms with Crippen LogP contribution in [0.25, 0.3) is 11.1 Å².